The number of hydrogen-bond acceptors (Lipinski definition) is 3. The van der Waals surface area contributed by atoms with Crippen LogP contribution in [-0.2, 0) is 9.53 Å². The Bertz CT molecular complexity index is 215. The largest absolute Gasteiger partial charge is 0.383 e. The lowest BCUT2D eigenvalue weighted by Gasteiger charge is -2.27. The lowest BCUT2D eigenvalue weighted by atomic mass is 10.1. The summed E-state index contributed by atoms with van der Waals surface area (Å²) in [5.74, 6) is 0.227. The second-order valence-electron chi connectivity index (χ2n) is 4.46. The van der Waals surface area contributed by atoms with Gasteiger partial charge < -0.3 is 15.0 Å². The summed E-state index contributed by atoms with van der Waals surface area (Å²) < 4.78 is 4.92. The summed E-state index contributed by atoms with van der Waals surface area (Å²) in [7, 11) is 1.67. The van der Waals surface area contributed by atoms with E-state index in [9.17, 15) is 4.79 Å². The van der Waals surface area contributed by atoms with Crippen LogP contribution in [0.4, 0.5) is 0 Å². The molecule has 0 aromatic carbocycles. The van der Waals surface area contributed by atoms with Crippen LogP contribution in [0.3, 0.4) is 0 Å². The Hall–Kier alpha value is -0.320. The number of likely N-dealkylation sites (tertiary alicyclic amines) is 1. The summed E-state index contributed by atoms with van der Waals surface area (Å²) in [6.07, 6.45) is 4.80. The Labute approximate surface area is 110 Å². The van der Waals surface area contributed by atoms with Crippen molar-refractivity contribution in [3.63, 3.8) is 0 Å². The molecule has 0 aliphatic carbocycles. The van der Waals surface area contributed by atoms with Crippen LogP contribution in [-0.4, -0.2) is 50.2 Å². The van der Waals surface area contributed by atoms with E-state index >= 15 is 0 Å². The molecule has 0 radical (unpaired) electrons. The number of amides is 1. The van der Waals surface area contributed by atoms with Crippen LogP contribution in [0.15, 0.2) is 0 Å². The lowest BCUT2D eigenvalue weighted by molar-refractivity contribution is -0.132. The zero-order valence-electron chi connectivity index (χ0n) is 10.9. The number of carbonyl (C=O) groups excluding carboxylic acids is 1. The van der Waals surface area contributed by atoms with Crippen molar-refractivity contribution in [2.24, 2.45) is 0 Å². The molecule has 1 heterocycles. The third-order valence-corrected chi connectivity index (χ3v) is 3.13. The standard InChI is InChI=1S/C12H24N2O2.ClH/c1-11-6-4-3-5-8-14(11)12(15)10-13-7-9-16-2;/h11,13H,3-10H2,1-2H3;1H. The first-order valence-corrected chi connectivity index (χ1v) is 6.25. The second-order valence-corrected chi connectivity index (χ2v) is 4.46. The molecule has 1 amide bonds. The van der Waals surface area contributed by atoms with E-state index in [0.29, 0.717) is 19.2 Å². The normalized spacial score (nSPS) is 20.6. The fraction of sp³-hybridized carbons (Fsp3) is 0.917. The van der Waals surface area contributed by atoms with Gasteiger partial charge in [-0.1, -0.05) is 12.8 Å². The Balaban J connectivity index is 0.00000256. The molecule has 1 saturated heterocycles. The first kappa shape index (κ1) is 16.7. The van der Waals surface area contributed by atoms with Crippen molar-refractivity contribution in [3.05, 3.63) is 0 Å². The molecule has 0 saturated carbocycles. The van der Waals surface area contributed by atoms with E-state index < -0.39 is 0 Å². The summed E-state index contributed by atoms with van der Waals surface area (Å²) in [6, 6.07) is 0.402. The predicted molar refractivity (Wildman–Crippen MR) is 71.6 cm³/mol. The van der Waals surface area contributed by atoms with Gasteiger partial charge in [-0.3, -0.25) is 4.79 Å². The maximum absolute atomic E-state index is 11.9. The summed E-state index contributed by atoms with van der Waals surface area (Å²) in [6.45, 7) is 4.91. The zero-order valence-corrected chi connectivity index (χ0v) is 11.7. The molecule has 0 aromatic heterocycles. The van der Waals surface area contributed by atoms with E-state index in [2.05, 4.69) is 12.2 Å². The first-order chi connectivity index (χ1) is 7.75. The van der Waals surface area contributed by atoms with Gasteiger partial charge in [0.05, 0.1) is 13.2 Å². The van der Waals surface area contributed by atoms with Crippen LogP contribution in [0.25, 0.3) is 0 Å². The number of carbonyl (C=O) groups is 1. The van der Waals surface area contributed by atoms with Crippen LogP contribution in [0.2, 0.25) is 0 Å². The lowest BCUT2D eigenvalue weighted by Crippen LogP contribution is -2.43. The van der Waals surface area contributed by atoms with E-state index in [-0.39, 0.29) is 18.3 Å². The molecule has 1 fully saturated rings. The highest BCUT2D eigenvalue weighted by Gasteiger charge is 2.20. The maximum atomic E-state index is 11.9. The van der Waals surface area contributed by atoms with Crippen molar-refractivity contribution in [1.29, 1.82) is 0 Å². The number of halogens is 1. The first-order valence-electron chi connectivity index (χ1n) is 6.25. The number of rotatable bonds is 5. The van der Waals surface area contributed by atoms with Crippen LogP contribution < -0.4 is 5.32 Å². The molecular weight excluding hydrogens is 240 g/mol. The number of methoxy groups -OCH3 is 1. The van der Waals surface area contributed by atoms with Crippen LogP contribution in [0.5, 0.6) is 0 Å². The molecule has 0 bridgehead atoms. The molecule has 1 rings (SSSR count). The van der Waals surface area contributed by atoms with Crippen LogP contribution >= 0.6 is 12.4 Å². The smallest absolute Gasteiger partial charge is 0.236 e. The van der Waals surface area contributed by atoms with Crippen molar-refractivity contribution >= 4 is 18.3 Å². The van der Waals surface area contributed by atoms with E-state index in [1.165, 1.54) is 12.8 Å². The molecule has 17 heavy (non-hydrogen) atoms. The van der Waals surface area contributed by atoms with Crippen molar-refractivity contribution in [1.82, 2.24) is 10.2 Å². The molecule has 0 spiro atoms. The van der Waals surface area contributed by atoms with Gasteiger partial charge in [0.15, 0.2) is 0 Å². The van der Waals surface area contributed by atoms with Gasteiger partial charge >= 0.3 is 0 Å². The van der Waals surface area contributed by atoms with Crippen molar-refractivity contribution in [2.75, 3.05) is 33.4 Å². The monoisotopic (exact) mass is 264 g/mol. The minimum absolute atomic E-state index is 0. The highest BCUT2D eigenvalue weighted by molar-refractivity contribution is 5.85. The summed E-state index contributed by atoms with van der Waals surface area (Å²) in [4.78, 5) is 14.0. The number of nitrogens with zero attached hydrogens (tertiary/aromatic N) is 1. The molecule has 4 nitrogen and oxygen atoms in total. The average molecular weight is 265 g/mol. The summed E-state index contributed by atoms with van der Waals surface area (Å²) in [5, 5.41) is 3.11. The van der Waals surface area contributed by atoms with E-state index in [1.54, 1.807) is 7.11 Å². The minimum Gasteiger partial charge on any atom is -0.383 e. The Morgan fingerprint density at radius 2 is 2.18 bits per heavy atom. The minimum atomic E-state index is 0. The maximum Gasteiger partial charge on any atom is 0.236 e. The fourth-order valence-corrected chi connectivity index (χ4v) is 2.12. The van der Waals surface area contributed by atoms with Gasteiger partial charge in [0.25, 0.3) is 0 Å². The van der Waals surface area contributed by atoms with Crippen molar-refractivity contribution in [2.45, 2.75) is 38.6 Å². The molecule has 1 aliphatic rings. The second kappa shape index (κ2) is 9.68. The molecule has 102 valence electrons. The Kier molecular flexibility index (Phi) is 9.50. The molecular formula is C12H25ClN2O2. The van der Waals surface area contributed by atoms with Gasteiger partial charge in [0, 0.05) is 26.2 Å². The number of hydrogen-bond donors (Lipinski definition) is 1. The molecule has 5 heteroatoms. The third-order valence-electron chi connectivity index (χ3n) is 3.13. The van der Waals surface area contributed by atoms with E-state index in [0.717, 1.165) is 25.9 Å². The van der Waals surface area contributed by atoms with Crippen LogP contribution in [0, 0.1) is 0 Å². The van der Waals surface area contributed by atoms with Crippen molar-refractivity contribution in [3.8, 4) is 0 Å². The number of nitrogens with one attached hydrogen (secondary N) is 1. The molecule has 1 N–H and O–H groups in total. The Morgan fingerprint density at radius 3 is 2.88 bits per heavy atom. The van der Waals surface area contributed by atoms with Gasteiger partial charge in [-0.15, -0.1) is 12.4 Å². The average Bonchev–Trinajstić information content (AvgIpc) is 2.49. The van der Waals surface area contributed by atoms with Gasteiger partial charge in [-0.2, -0.15) is 0 Å². The topological polar surface area (TPSA) is 41.6 Å². The summed E-state index contributed by atoms with van der Waals surface area (Å²) >= 11 is 0. The van der Waals surface area contributed by atoms with Crippen molar-refractivity contribution < 1.29 is 9.53 Å². The summed E-state index contributed by atoms with van der Waals surface area (Å²) in [5.41, 5.74) is 0. The highest BCUT2D eigenvalue weighted by Crippen LogP contribution is 2.15. The molecule has 1 unspecified atom stereocenters. The van der Waals surface area contributed by atoms with Gasteiger partial charge in [-0.05, 0) is 19.8 Å². The van der Waals surface area contributed by atoms with Gasteiger partial charge in [0.1, 0.15) is 0 Å². The predicted octanol–water partition coefficient (Wildman–Crippen LogP) is 1.44. The third kappa shape index (κ3) is 6.24. The SMILES string of the molecule is COCCNCC(=O)N1CCCCCC1C.Cl. The quantitative estimate of drug-likeness (QED) is 0.764. The van der Waals surface area contributed by atoms with Crippen LogP contribution in [0.1, 0.15) is 32.6 Å². The molecule has 0 aromatic rings. The molecule has 1 atom stereocenters. The van der Waals surface area contributed by atoms with Gasteiger partial charge in [0.2, 0.25) is 5.91 Å². The van der Waals surface area contributed by atoms with E-state index in [1.807, 2.05) is 4.90 Å². The fourth-order valence-electron chi connectivity index (χ4n) is 2.12. The Morgan fingerprint density at radius 1 is 1.41 bits per heavy atom. The van der Waals surface area contributed by atoms with E-state index in [4.69, 9.17) is 4.74 Å². The highest BCUT2D eigenvalue weighted by atomic mass is 35.5. The molecule has 1 aliphatic heterocycles. The zero-order chi connectivity index (χ0) is 11.8. The van der Waals surface area contributed by atoms with Gasteiger partial charge in [-0.25, -0.2) is 0 Å². The number of ether oxygens (including phenoxy) is 1.